The van der Waals surface area contributed by atoms with Gasteiger partial charge >= 0.3 is 0 Å². The second kappa shape index (κ2) is 7.08. The number of benzene rings is 2. The fourth-order valence-electron chi connectivity index (χ4n) is 2.39. The number of hydrogen-bond donors (Lipinski definition) is 1. The Labute approximate surface area is 139 Å². The molecule has 0 saturated heterocycles. The Balaban J connectivity index is 1.54. The Hall–Kier alpha value is -2.95. The van der Waals surface area contributed by atoms with Gasteiger partial charge in [0.05, 0.1) is 5.69 Å². The molecule has 0 aliphatic carbocycles. The third-order valence-electron chi connectivity index (χ3n) is 3.84. The van der Waals surface area contributed by atoms with Gasteiger partial charge in [-0.2, -0.15) is 5.10 Å². The van der Waals surface area contributed by atoms with Gasteiger partial charge in [0.2, 0.25) is 0 Å². The molecule has 122 valence electrons. The second-order valence-electron chi connectivity index (χ2n) is 5.59. The number of amides is 1. The minimum absolute atomic E-state index is 0.262. The number of rotatable bonds is 5. The highest BCUT2D eigenvalue weighted by Gasteiger charge is 2.07. The summed E-state index contributed by atoms with van der Waals surface area (Å²) in [5.74, 6) is -0.626. The fourth-order valence-corrected chi connectivity index (χ4v) is 2.39. The first-order valence-electron chi connectivity index (χ1n) is 7.77. The molecular formula is C19H18FN3O. The predicted molar refractivity (Wildman–Crippen MR) is 90.7 cm³/mol. The lowest BCUT2D eigenvalue weighted by molar-refractivity contribution is 0.0953. The lowest BCUT2D eigenvalue weighted by Crippen LogP contribution is -2.25. The van der Waals surface area contributed by atoms with Crippen LogP contribution in [0.1, 0.15) is 21.5 Å². The van der Waals surface area contributed by atoms with E-state index in [2.05, 4.69) is 10.4 Å². The van der Waals surface area contributed by atoms with E-state index in [4.69, 9.17) is 0 Å². The maximum Gasteiger partial charge on any atom is 0.251 e. The molecular weight excluding hydrogens is 305 g/mol. The first kappa shape index (κ1) is 15.9. The summed E-state index contributed by atoms with van der Waals surface area (Å²) in [5.41, 5.74) is 2.97. The monoisotopic (exact) mass is 323 g/mol. The lowest BCUT2D eigenvalue weighted by atomic mass is 10.1. The fraction of sp³-hybridized carbons (Fsp3) is 0.158. The van der Waals surface area contributed by atoms with Crippen molar-refractivity contribution in [3.63, 3.8) is 0 Å². The average molecular weight is 323 g/mol. The zero-order valence-corrected chi connectivity index (χ0v) is 13.4. The molecule has 2 aromatic carbocycles. The SMILES string of the molecule is Cc1ccc(C(=O)NCCc2ccc(-n3cccn3)cc2)cc1F. The molecule has 1 aromatic heterocycles. The van der Waals surface area contributed by atoms with Crippen LogP contribution >= 0.6 is 0 Å². The molecule has 3 rings (SSSR count). The number of carbonyl (C=O) groups is 1. The van der Waals surface area contributed by atoms with Crippen molar-refractivity contribution in [3.8, 4) is 5.69 Å². The number of aryl methyl sites for hydroxylation is 1. The number of halogens is 1. The van der Waals surface area contributed by atoms with Gasteiger partial charge in [0.25, 0.3) is 5.91 Å². The van der Waals surface area contributed by atoms with Crippen LogP contribution in [0.4, 0.5) is 4.39 Å². The van der Waals surface area contributed by atoms with E-state index in [1.807, 2.05) is 36.5 Å². The van der Waals surface area contributed by atoms with Gasteiger partial charge in [-0.3, -0.25) is 4.79 Å². The Morgan fingerprint density at radius 2 is 2.00 bits per heavy atom. The van der Waals surface area contributed by atoms with E-state index >= 15 is 0 Å². The number of aromatic nitrogens is 2. The smallest absolute Gasteiger partial charge is 0.251 e. The quantitative estimate of drug-likeness (QED) is 0.783. The molecule has 0 fully saturated rings. The summed E-state index contributed by atoms with van der Waals surface area (Å²) in [6, 6.07) is 14.4. The summed E-state index contributed by atoms with van der Waals surface area (Å²) in [6.45, 7) is 2.17. The molecule has 0 bridgehead atoms. The summed E-state index contributed by atoms with van der Waals surface area (Å²) in [4.78, 5) is 12.0. The number of nitrogens with zero attached hydrogens (tertiary/aromatic N) is 2. The van der Waals surface area contributed by atoms with E-state index in [-0.39, 0.29) is 11.7 Å². The first-order valence-corrected chi connectivity index (χ1v) is 7.77. The topological polar surface area (TPSA) is 46.9 Å². The zero-order chi connectivity index (χ0) is 16.9. The molecule has 4 nitrogen and oxygen atoms in total. The van der Waals surface area contributed by atoms with Gasteiger partial charge in [-0.15, -0.1) is 0 Å². The summed E-state index contributed by atoms with van der Waals surface area (Å²) in [5, 5.41) is 6.99. The molecule has 24 heavy (non-hydrogen) atoms. The molecule has 0 aliphatic heterocycles. The molecule has 0 spiro atoms. The highest BCUT2D eigenvalue weighted by molar-refractivity contribution is 5.94. The Morgan fingerprint density at radius 3 is 2.67 bits per heavy atom. The van der Waals surface area contributed by atoms with Crippen molar-refractivity contribution in [1.82, 2.24) is 15.1 Å². The van der Waals surface area contributed by atoms with Crippen LogP contribution in [0.15, 0.2) is 60.9 Å². The molecule has 0 atom stereocenters. The maximum absolute atomic E-state index is 13.5. The molecule has 1 amide bonds. The van der Waals surface area contributed by atoms with Gasteiger partial charge in [-0.05, 0) is 54.8 Å². The van der Waals surface area contributed by atoms with E-state index in [0.717, 1.165) is 11.3 Å². The summed E-state index contributed by atoms with van der Waals surface area (Å²) < 4.78 is 15.3. The van der Waals surface area contributed by atoms with Crippen molar-refractivity contribution in [2.24, 2.45) is 0 Å². The molecule has 1 heterocycles. The van der Waals surface area contributed by atoms with Crippen LogP contribution in [0.5, 0.6) is 0 Å². The van der Waals surface area contributed by atoms with Crippen molar-refractivity contribution in [1.29, 1.82) is 0 Å². The zero-order valence-electron chi connectivity index (χ0n) is 13.4. The predicted octanol–water partition coefficient (Wildman–Crippen LogP) is 3.29. The van der Waals surface area contributed by atoms with Crippen molar-refractivity contribution < 1.29 is 9.18 Å². The van der Waals surface area contributed by atoms with Gasteiger partial charge in [-0.1, -0.05) is 18.2 Å². The largest absolute Gasteiger partial charge is 0.352 e. The highest BCUT2D eigenvalue weighted by Crippen LogP contribution is 2.10. The third-order valence-corrected chi connectivity index (χ3v) is 3.84. The Kier molecular flexibility index (Phi) is 4.70. The normalized spacial score (nSPS) is 10.6. The molecule has 0 saturated carbocycles. The van der Waals surface area contributed by atoms with E-state index in [1.165, 1.54) is 6.07 Å². The Morgan fingerprint density at radius 1 is 1.21 bits per heavy atom. The number of carbonyl (C=O) groups excluding carboxylic acids is 1. The van der Waals surface area contributed by atoms with Crippen molar-refractivity contribution >= 4 is 5.91 Å². The molecule has 1 N–H and O–H groups in total. The molecule has 0 unspecified atom stereocenters. The number of hydrogen-bond acceptors (Lipinski definition) is 2. The summed E-state index contributed by atoms with van der Waals surface area (Å²) in [6.07, 6.45) is 4.33. The standard InChI is InChI=1S/C19H18FN3O/c1-14-3-6-16(13-18(14)20)19(24)21-11-9-15-4-7-17(8-5-15)23-12-2-10-22-23/h2-8,10,12-13H,9,11H2,1H3,(H,21,24). The molecule has 0 aliphatic rings. The van der Waals surface area contributed by atoms with Crippen molar-refractivity contribution in [2.45, 2.75) is 13.3 Å². The number of nitrogens with one attached hydrogen (secondary N) is 1. The van der Waals surface area contributed by atoms with Crippen LogP contribution in [0.2, 0.25) is 0 Å². The van der Waals surface area contributed by atoms with E-state index in [1.54, 1.807) is 29.9 Å². The van der Waals surface area contributed by atoms with Crippen LogP contribution in [-0.4, -0.2) is 22.2 Å². The van der Waals surface area contributed by atoms with Crippen LogP contribution in [0, 0.1) is 12.7 Å². The summed E-state index contributed by atoms with van der Waals surface area (Å²) in [7, 11) is 0. The minimum atomic E-state index is -0.364. The van der Waals surface area contributed by atoms with Crippen LogP contribution in [0.3, 0.4) is 0 Å². The van der Waals surface area contributed by atoms with E-state index < -0.39 is 0 Å². The Bertz CT molecular complexity index is 826. The lowest BCUT2D eigenvalue weighted by Gasteiger charge is -2.07. The second-order valence-corrected chi connectivity index (χ2v) is 5.59. The highest BCUT2D eigenvalue weighted by atomic mass is 19.1. The average Bonchev–Trinajstić information content (AvgIpc) is 3.12. The van der Waals surface area contributed by atoms with Crippen molar-refractivity contribution in [2.75, 3.05) is 6.54 Å². The molecule has 5 heteroatoms. The minimum Gasteiger partial charge on any atom is -0.352 e. The van der Waals surface area contributed by atoms with Crippen LogP contribution in [0.25, 0.3) is 5.69 Å². The van der Waals surface area contributed by atoms with Gasteiger partial charge in [0.1, 0.15) is 5.82 Å². The third kappa shape index (κ3) is 3.68. The van der Waals surface area contributed by atoms with E-state index in [9.17, 15) is 9.18 Å². The summed E-state index contributed by atoms with van der Waals surface area (Å²) >= 11 is 0. The van der Waals surface area contributed by atoms with Gasteiger partial charge < -0.3 is 5.32 Å². The van der Waals surface area contributed by atoms with Crippen LogP contribution in [-0.2, 0) is 6.42 Å². The van der Waals surface area contributed by atoms with Crippen LogP contribution < -0.4 is 5.32 Å². The van der Waals surface area contributed by atoms with Gasteiger partial charge in [0, 0.05) is 24.5 Å². The molecule has 3 aromatic rings. The van der Waals surface area contributed by atoms with E-state index in [0.29, 0.717) is 24.1 Å². The maximum atomic E-state index is 13.5. The molecule has 0 radical (unpaired) electrons. The van der Waals surface area contributed by atoms with Crippen molar-refractivity contribution in [3.05, 3.63) is 83.4 Å². The van der Waals surface area contributed by atoms with Gasteiger partial charge in [-0.25, -0.2) is 9.07 Å². The van der Waals surface area contributed by atoms with Gasteiger partial charge in [0.15, 0.2) is 0 Å². The first-order chi connectivity index (χ1) is 11.6.